The van der Waals surface area contributed by atoms with Crippen molar-refractivity contribution in [1.82, 2.24) is 4.90 Å². The van der Waals surface area contributed by atoms with Crippen LogP contribution in [0.15, 0.2) is 18.2 Å². The van der Waals surface area contributed by atoms with Crippen LogP contribution in [-0.4, -0.2) is 42.7 Å². The largest absolute Gasteiger partial charge is 0.497 e. The van der Waals surface area contributed by atoms with Crippen molar-refractivity contribution >= 4 is 22.0 Å². The first-order chi connectivity index (χ1) is 11.8. The van der Waals surface area contributed by atoms with Crippen LogP contribution in [0, 0.1) is 0 Å². The highest BCUT2D eigenvalue weighted by Gasteiger charge is 2.23. The summed E-state index contributed by atoms with van der Waals surface area (Å²) in [5.41, 5.74) is 0.407. The molecule has 0 radical (unpaired) electrons. The van der Waals surface area contributed by atoms with E-state index in [-0.39, 0.29) is 6.09 Å². The Hall–Kier alpha value is -1.43. The number of nitrogens with zero attached hydrogens (tertiary/aromatic N) is 1. The van der Waals surface area contributed by atoms with Crippen LogP contribution in [0.5, 0.6) is 11.5 Å². The van der Waals surface area contributed by atoms with E-state index in [9.17, 15) is 4.79 Å². The number of halogens is 1. The lowest BCUT2D eigenvalue weighted by atomic mass is 10.1. The molecule has 0 heterocycles. The molecule has 1 aromatic rings. The second-order valence-corrected chi connectivity index (χ2v) is 7.62. The Morgan fingerprint density at radius 1 is 1.12 bits per heavy atom. The number of methoxy groups -OCH3 is 2. The lowest BCUT2D eigenvalue weighted by molar-refractivity contribution is 0.0229. The maximum atomic E-state index is 12.6. The number of unbranched alkanes of at least 4 members (excludes halogenated alkanes) is 2. The predicted octanol–water partition coefficient (Wildman–Crippen LogP) is 5.01. The first-order valence-corrected chi connectivity index (χ1v) is 9.67. The second kappa shape index (κ2) is 10.5. The van der Waals surface area contributed by atoms with Crippen LogP contribution < -0.4 is 9.47 Å². The highest BCUT2D eigenvalue weighted by molar-refractivity contribution is 9.09. The van der Waals surface area contributed by atoms with Gasteiger partial charge in [-0.3, -0.25) is 0 Å². The zero-order valence-corrected chi connectivity index (χ0v) is 17.5. The minimum atomic E-state index is -0.519. The number of alkyl halides is 1. The third-order valence-corrected chi connectivity index (χ3v) is 4.13. The van der Waals surface area contributed by atoms with Crippen LogP contribution in [0.3, 0.4) is 0 Å². The molecule has 0 aliphatic carbocycles. The molecule has 1 aromatic carbocycles. The normalized spacial score (nSPS) is 11.1. The average molecular weight is 416 g/mol. The molecule has 0 aliphatic rings. The lowest BCUT2D eigenvalue weighted by Crippen LogP contribution is -2.37. The van der Waals surface area contributed by atoms with E-state index in [1.165, 1.54) is 0 Å². The van der Waals surface area contributed by atoms with Crippen LogP contribution in [0.2, 0.25) is 0 Å². The molecule has 0 atom stereocenters. The molecular weight excluding hydrogens is 386 g/mol. The zero-order valence-electron chi connectivity index (χ0n) is 15.9. The van der Waals surface area contributed by atoms with E-state index in [4.69, 9.17) is 14.2 Å². The summed E-state index contributed by atoms with van der Waals surface area (Å²) in [5.74, 6) is 1.43. The maximum Gasteiger partial charge on any atom is 0.410 e. The average Bonchev–Trinajstić information content (AvgIpc) is 2.56. The third-order valence-electron chi connectivity index (χ3n) is 3.57. The summed E-state index contributed by atoms with van der Waals surface area (Å²) in [4.78, 5) is 14.3. The van der Waals surface area contributed by atoms with Gasteiger partial charge in [-0.05, 0) is 45.7 Å². The van der Waals surface area contributed by atoms with E-state index in [0.717, 1.165) is 35.9 Å². The van der Waals surface area contributed by atoms with Crippen molar-refractivity contribution in [2.75, 3.05) is 26.1 Å². The fraction of sp³-hybridized carbons (Fsp3) is 0.632. The summed E-state index contributed by atoms with van der Waals surface area (Å²) in [5, 5.41) is 0.978. The van der Waals surface area contributed by atoms with Gasteiger partial charge < -0.3 is 19.1 Å². The number of hydrogen-bond donors (Lipinski definition) is 0. The summed E-state index contributed by atoms with van der Waals surface area (Å²) < 4.78 is 16.2. The van der Waals surface area contributed by atoms with Gasteiger partial charge in [-0.2, -0.15) is 0 Å². The van der Waals surface area contributed by atoms with Gasteiger partial charge in [0.15, 0.2) is 0 Å². The number of ether oxygens (including phenoxy) is 3. The van der Waals surface area contributed by atoms with Gasteiger partial charge in [-0.1, -0.05) is 22.4 Å². The van der Waals surface area contributed by atoms with Crippen LogP contribution in [0.1, 0.15) is 45.6 Å². The highest BCUT2D eigenvalue weighted by Crippen LogP contribution is 2.26. The lowest BCUT2D eigenvalue weighted by Gasteiger charge is -2.28. The quantitative estimate of drug-likeness (QED) is 0.420. The Morgan fingerprint density at radius 3 is 2.40 bits per heavy atom. The number of carbonyl (C=O) groups excluding carboxylic acids is 1. The van der Waals surface area contributed by atoms with Crippen molar-refractivity contribution in [3.63, 3.8) is 0 Å². The van der Waals surface area contributed by atoms with Gasteiger partial charge >= 0.3 is 6.09 Å². The highest BCUT2D eigenvalue weighted by atomic mass is 79.9. The molecule has 0 saturated heterocycles. The van der Waals surface area contributed by atoms with Crippen molar-refractivity contribution in [2.45, 2.75) is 52.2 Å². The monoisotopic (exact) mass is 415 g/mol. The molecule has 142 valence electrons. The van der Waals surface area contributed by atoms with E-state index >= 15 is 0 Å². The molecule has 6 heteroatoms. The van der Waals surface area contributed by atoms with Gasteiger partial charge in [-0.25, -0.2) is 4.79 Å². The van der Waals surface area contributed by atoms with Crippen molar-refractivity contribution in [3.8, 4) is 11.5 Å². The van der Waals surface area contributed by atoms with Crippen LogP contribution in [-0.2, 0) is 11.3 Å². The molecule has 0 spiro atoms. The number of rotatable bonds is 9. The zero-order chi connectivity index (χ0) is 18.9. The predicted molar refractivity (Wildman–Crippen MR) is 104 cm³/mol. The number of carbonyl (C=O) groups is 1. The summed E-state index contributed by atoms with van der Waals surface area (Å²) in [6.07, 6.45) is 2.78. The summed E-state index contributed by atoms with van der Waals surface area (Å²) in [7, 11) is 3.23. The molecular formula is C19H30BrNO4. The van der Waals surface area contributed by atoms with Gasteiger partial charge in [0.05, 0.1) is 20.8 Å². The van der Waals surface area contributed by atoms with Crippen molar-refractivity contribution in [1.29, 1.82) is 0 Å². The smallest absolute Gasteiger partial charge is 0.410 e. The molecule has 0 saturated carbocycles. The van der Waals surface area contributed by atoms with Gasteiger partial charge in [0.2, 0.25) is 0 Å². The molecule has 1 rings (SSSR count). The van der Waals surface area contributed by atoms with Crippen molar-refractivity contribution in [3.05, 3.63) is 23.8 Å². The third kappa shape index (κ3) is 7.99. The molecule has 1 amide bonds. The van der Waals surface area contributed by atoms with Crippen LogP contribution in [0.25, 0.3) is 0 Å². The first kappa shape index (κ1) is 21.6. The van der Waals surface area contributed by atoms with E-state index in [2.05, 4.69) is 15.9 Å². The topological polar surface area (TPSA) is 48.0 Å². The van der Waals surface area contributed by atoms with Crippen LogP contribution >= 0.6 is 15.9 Å². The van der Waals surface area contributed by atoms with E-state index in [0.29, 0.717) is 18.8 Å². The van der Waals surface area contributed by atoms with Gasteiger partial charge in [0.25, 0.3) is 0 Å². The Kier molecular flexibility index (Phi) is 9.11. The Labute approximate surface area is 159 Å². The van der Waals surface area contributed by atoms with Crippen molar-refractivity contribution < 1.29 is 19.0 Å². The Morgan fingerprint density at radius 2 is 1.84 bits per heavy atom. The molecule has 0 aromatic heterocycles. The first-order valence-electron chi connectivity index (χ1n) is 8.55. The SMILES string of the molecule is COc1ccc(CN(CCCCCBr)C(=O)OC(C)(C)C)c(OC)c1. The molecule has 0 fully saturated rings. The minimum Gasteiger partial charge on any atom is -0.497 e. The number of hydrogen-bond acceptors (Lipinski definition) is 4. The van der Waals surface area contributed by atoms with E-state index in [1.807, 2.05) is 39.0 Å². The van der Waals surface area contributed by atoms with Gasteiger partial charge in [0, 0.05) is 23.5 Å². The van der Waals surface area contributed by atoms with E-state index in [1.54, 1.807) is 19.1 Å². The van der Waals surface area contributed by atoms with Gasteiger partial charge in [-0.15, -0.1) is 0 Å². The number of benzene rings is 1. The summed E-state index contributed by atoms with van der Waals surface area (Å²) in [6, 6.07) is 5.62. The summed E-state index contributed by atoms with van der Waals surface area (Å²) in [6.45, 7) is 6.72. The maximum absolute atomic E-state index is 12.6. The molecule has 0 N–H and O–H groups in total. The van der Waals surface area contributed by atoms with Crippen LogP contribution in [0.4, 0.5) is 4.79 Å². The molecule has 0 unspecified atom stereocenters. The second-order valence-electron chi connectivity index (χ2n) is 6.83. The molecule has 0 bridgehead atoms. The number of amides is 1. The van der Waals surface area contributed by atoms with E-state index < -0.39 is 5.60 Å². The van der Waals surface area contributed by atoms with Crippen molar-refractivity contribution in [2.24, 2.45) is 0 Å². The standard InChI is InChI=1S/C19H30BrNO4/c1-19(2,3)25-18(22)21(12-8-6-7-11-20)14-15-9-10-16(23-4)13-17(15)24-5/h9-10,13H,6-8,11-12,14H2,1-5H3. The fourth-order valence-corrected chi connectivity index (χ4v) is 2.72. The molecule has 0 aliphatic heterocycles. The molecule has 5 nitrogen and oxygen atoms in total. The van der Waals surface area contributed by atoms with Gasteiger partial charge in [0.1, 0.15) is 17.1 Å². The minimum absolute atomic E-state index is 0.302. The Bertz CT molecular complexity index is 543. The Balaban J connectivity index is 2.89. The summed E-state index contributed by atoms with van der Waals surface area (Å²) >= 11 is 3.44. The fourth-order valence-electron chi connectivity index (χ4n) is 2.32. The molecule has 25 heavy (non-hydrogen) atoms.